The molecular weight excluding hydrogens is 276 g/mol. The molecule has 0 radical (unpaired) electrons. The molecule has 2 rings (SSSR count). The minimum absolute atomic E-state index is 0.440. The number of hydrogen-bond donors (Lipinski definition) is 2. The van der Waals surface area contributed by atoms with Gasteiger partial charge in [-0.1, -0.05) is 5.16 Å². The maximum atomic E-state index is 4.62. The zero-order chi connectivity index (χ0) is 11.4. The fraction of sp³-hybridized carbons (Fsp3) is 0.250. The van der Waals surface area contributed by atoms with E-state index in [4.69, 9.17) is 0 Å². The maximum absolute atomic E-state index is 4.62. The van der Waals surface area contributed by atoms with Gasteiger partial charge in [-0.25, -0.2) is 9.97 Å². The van der Waals surface area contributed by atoms with Crippen molar-refractivity contribution in [1.29, 1.82) is 0 Å². The van der Waals surface area contributed by atoms with Gasteiger partial charge in [-0.05, 0) is 15.9 Å². The first-order chi connectivity index (χ1) is 7.81. The molecule has 0 amide bonds. The normalized spacial score (nSPS) is 10.1. The highest BCUT2D eigenvalue weighted by atomic mass is 79.9. The van der Waals surface area contributed by atoms with E-state index >= 15 is 0 Å². The Hall–Kier alpha value is -1.70. The highest BCUT2D eigenvalue weighted by Gasteiger charge is 2.07. The number of hydrogen-bond acceptors (Lipinski definition) is 7. The lowest BCUT2D eigenvalue weighted by atomic mass is 10.5. The van der Waals surface area contributed by atoms with E-state index in [0.29, 0.717) is 24.0 Å². The first kappa shape index (κ1) is 10.8. The van der Waals surface area contributed by atoms with Crippen LogP contribution in [0, 0.1) is 0 Å². The minimum Gasteiger partial charge on any atom is -0.372 e. The fourth-order valence-electron chi connectivity index (χ4n) is 1.10. The molecule has 0 aliphatic heterocycles. The summed E-state index contributed by atoms with van der Waals surface area (Å²) in [6.07, 6.45) is 2.75. The van der Waals surface area contributed by atoms with Gasteiger partial charge in [-0.2, -0.15) is 4.98 Å². The van der Waals surface area contributed by atoms with Crippen LogP contribution in [0.1, 0.15) is 5.82 Å². The molecule has 0 aliphatic carbocycles. The predicted octanol–water partition coefficient (Wildman–Crippen LogP) is 1.28. The van der Waals surface area contributed by atoms with Gasteiger partial charge in [-0.15, -0.1) is 0 Å². The van der Waals surface area contributed by atoms with Crippen LogP contribution in [-0.4, -0.2) is 27.2 Å². The summed E-state index contributed by atoms with van der Waals surface area (Å²) in [6.45, 7) is 0.440. The molecule has 0 aromatic carbocycles. The Balaban J connectivity index is 2.09. The number of nitrogens with zero attached hydrogens (tertiary/aromatic N) is 4. The standard InChI is InChI=1S/C8H9BrN6O/c1-10-7-6(9)8(13-3-12-7)11-2-5-14-4-16-15-5/h3-4H,2H2,1H3,(H2,10,11,12,13). The fourth-order valence-corrected chi connectivity index (χ4v) is 1.64. The molecule has 2 aromatic rings. The molecule has 8 heteroatoms. The van der Waals surface area contributed by atoms with E-state index in [9.17, 15) is 0 Å². The third-order valence-electron chi connectivity index (χ3n) is 1.85. The maximum Gasteiger partial charge on any atom is 0.213 e. The predicted molar refractivity (Wildman–Crippen MR) is 60.9 cm³/mol. The molecule has 7 nitrogen and oxygen atoms in total. The van der Waals surface area contributed by atoms with E-state index in [1.807, 2.05) is 0 Å². The Morgan fingerprint density at radius 3 is 2.81 bits per heavy atom. The van der Waals surface area contributed by atoms with Crippen molar-refractivity contribution in [2.45, 2.75) is 6.54 Å². The summed E-state index contributed by atoms with van der Waals surface area (Å²) < 4.78 is 5.38. The topological polar surface area (TPSA) is 88.8 Å². The van der Waals surface area contributed by atoms with Gasteiger partial charge in [0, 0.05) is 7.05 Å². The monoisotopic (exact) mass is 284 g/mol. The van der Waals surface area contributed by atoms with Crippen LogP contribution in [0.5, 0.6) is 0 Å². The van der Waals surface area contributed by atoms with Crippen molar-refractivity contribution < 1.29 is 4.52 Å². The Bertz CT molecular complexity index is 460. The number of rotatable bonds is 4. The zero-order valence-corrected chi connectivity index (χ0v) is 10.0. The third kappa shape index (κ3) is 2.27. The highest BCUT2D eigenvalue weighted by Crippen LogP contribution is 2.25. The van der Waals surface area contributed by atoms with E-state index in [2.05, 4.69) is 51.2 Å². The minimum atomic E-state index is 0.440. The first-order valence-corrected chi connectivity index (χ1v) is 5.28. The molecule has 0 saturated carbocycles. The van der Waals surface area contributed by atoms with Crippen molar-refractivity contribution in [3.63, 3.8) is 0 Å². The van der Waals surface area contributed by atoms with E-state index in [1.54, 1.807) is 7.05 Å². The van der Waals surface area contributed by atoms with Crippen molar-refractivity contribution in [3.8, 4) is 0 Å². The third-order valence-corrected chi connectivity index (χ3v) is 2.60. The molecule has 0 aliphatic rings. The molecule has 0 fully saturated rings. The van der Waals surface area contributed by atoms with E-state index in [-0.39, 0.29) is 0 Å². The molecule has 2 aromatic heterocycles. The highest BCUT2D eigenvalue weighted by molar-refractivity contribution is 9.10. The van der Waals surface area contributed by atoms with Crippen LogP contribution in [0.2, 0.25) is 0 Å². The molecule has 0 saturated heterocycles. The van der Waals surface area contributed by atoms with Crippen molar-refractivity contribution in [1.82, 2.24) is 20.1 Å². The lowest BCUT2D eigenvalue weighted by Crippen LogP contribution is -2.05. The lowest BCUT2D eigenvalue weighted by molar-refractivity contribution is 0.411. The van der Waals surface area contributed by atoms with Crippen LogP contribution in [-0.2, 0) is 6.54 Å². The quantitative estimate of drug-likeness (QED) is 0.874. The van der Waals surface area contributed by atoms with Gasteiger partial charge < -0.3 is 15.2 Å². The van der Waals surface area contributed by atoms with Gasteiger partial charge in [0.15, 0.2) is 5.82 Å². The van der Waals surface area contributed by atoms with E-state index < -0.39 is 0 Å². The van der Waals surface area contributed by atoms with Crippen LogP contribution in [0.25, 0.3) is 0 Å². The molecule has 16 heavy (non-hydrogen) atoms. The van der Waals surface area contributed by atoms with Gasteiger partial charge in [0.1, 0.15) is 22.4 Å². The van der Waals surface area contributed by atoms with Gasteiger partial charge in [0.25, 0.3) is 0 Å². The Morgan fingerprint density at radius 1 is 1.31 bits per heavy atom. The Morgan fingerprint density at radius 2 is 2.12 bits per heavy atom. The largest absolute Gasteiger partial charge is 0.372 e. The molecule has 84 valence electrons. The van der Waals surface area contributed by atoms with Crippen molar-refractivity contribution in [3.05, 3.63) is 23.0 Å². The molecule has 2 heterocycles. The second kappa shape index (κ2) is 4.88. The summed E-state index contributed by atoms with van der Waals surface area (Å²) >= 11 is 3.39. The van der Waals surface area contributed by atoms with Crippen molar-refractivity contribution >= 4 is 27.6 Å². The molecule has 0 atom stereocenters. The average molecular weight is 285 g/mol. The van der Waals surface area contributed by atoms with Crippen LogP contribution in [0.4, 0.5) is 11.6 Å². The summed E-state index contributed by atoms with van der Waals surface area (Å²) in [6, 6.07) is 0. The first-order valence-electron chi connectivity index (χ1n) is 4.48. The van der Waals surface area contributed by atoms with Gasteiger partial charge in [0.05, 0.1) is 6.54 Å². The van der Waals surface area contributed by atoms with Crippen LogP contribution in [0.15, 0.2) is 21.7 Å². The van der Waals surface area contributed by atoms with Gasteiger partial charge in [0.2, 0.25) is 6.39 Å². The van der Waals surface area contributed by atoms with Gasteiger partial charge in [-0.3, -0.25) is 0 Å². The lowest BCUT2D eigenvalue weighted by Gasteiger charge is -2.07. The van der Waals surface area contributed by atoms with Crippen LogP contribution in [0.3, 0.4) is 0 Å². The average Bonchev–Trinajstić information content (AvgIpc) is 2.81. The Labute approximate surface area is 99.8 Å². The number of aromatic nitrogens is 4. The smallest absolute Gasteiger partial charge is 0.213 e. The Kier molecular flexibility index (Phi) is 3.30. The van der Waals surface area contributed by atoms with E-state index in [1.165, 1.54) is 12.7 Å². The molecule has 0 spiro atoms. The summed E-state index contributed by atoms with van der Waals surface area (Å²) in [7, 11) is 1.79. The number of nitrogens with one attached hydrogen (secondary N) is 2. The summed E-state index contributed by atoms with van der Waals surface area (Å²) in [5.74, 6) is 1.95. The second-order valence-corrected chi connectivity index (χ2v) is 3.63. The summed E-state index contributed by atoms with van der Waals surface area (Å²) in [5, 5.41) is 9.69. The second-order valence-electron chi connectivity index (χ2n) is 2.84. The number of halogens is 1. The van der Waals surface area contributed by atoms with Crippen LogP contribution < -0.4 is 10.6 Å². The molecule has 0 unspecified atom stereocenters. The zero-order valence-electron chi connectivity index (χ0n) is 8.44. The van der Waals surface area contributed by atoms with Gasteiger partial charge >= 0.3 is 0 Å². The van der Waals surface area contributed by atoms with E-state index in [0.717, 1.165) is 4.47 Å². The van der Waals surface area contributed by atoms with Crippen molar-refractivity contribution in [2.24, 2.45) is 0 Å². The summed E-state index contributed by atoms with van der Waals surface area (Å²) in [4.78, 5) is 12.0. The van der Waals surface area contributed by atoms with Crippen LogP contribution >= 0.6 is 15.9 Å². The molecular formula is C8H9BrN6O. The number of anilines is 2. The SMILES string of the molecule is CNc1ncnc(NCc2ncon2)c1Br. The molecule has 0 bridgehead atoms. The summed E-state index contributed by atoms with van der Waals surface area (Å²) in [5.41, 5.74) is 0. The molecule has 2 N–H and O–H groups in total. The van der Waals surface area contributed by atoms with Crippen molar-refractivity contribution in [2.75, 3.05) is 17.7 Å².